The van der Waals surface area contributed by atoms with Crippen LogP contribution < -0.4 is 5.32 Å². The molecule has 96 valence electrons. The first-order chi connectivity index (χ1) is 8.18. The van der Waals surface area contributed by atoms with Gasteiger partial charge in [0, 0.05) is 31.7 Å². The van der Waals surface area contributed by atoms with Crippen LogP contribution in [-0.2, 0) is 6.42 Å². The first kappa shape index (κ1) is 13.1. The highest BCUT2D eigenvalue weighted by molar-refractivity contribution is 7.07. The molecule has 1 aromatic heterocycles. The molecule has 17 heavy (non-hydrogen) atoms. The van der Waals surface area contributed by atoms with Crippen LogP contribution in [0.1, 0.15) is 26.3 Å². The fourth-order valence-electron chi connectivity index (χ4n) is 2.77. The van der Waals surface area contributed by atoms with E-state index in [2.05, 4.69) is 47.8 Å². The first-order valence-electron chi connectivity index (χ1n) is 6.66. The molecule has 0 aromatic carbocycles. The number of nitrogens with zero attached hydrogens (tertiary/aromatic N) is 1. The maximum Gasteiger partial charge on any atom is 0.0247 e. The molecule has 0 radical (unpaired) electrons. The third-order valence-electron chi connectivity index (χ3n) is 3.77. The molecule has 2 atom stereocenters. The van der Waals surface area contributed by atoms with Crippen LogP contribution in [0.4, 0.5) is 0 Å². The second-order valence-electron chi connectivity index (χ2n) is 5.44. The highest BCUT2D eigenvalue weighted by Gasteiger charge is 2.28. The molecule has 1 aromatic rings. The average molecular weight is 252 g/mol. The van der Waals surface area contributed by atoms with Gasteiger partial charge in [-0.15, -0.1) is 0 Å². The van der Waals surface area contributed by atoms with Crippen molar-refractivity contribution in [2.45, 2.75) is 39.3 Å². The number of rotatable bonds is 4. The monoisotopic (exact) mass is 252 g/mol. The number of hydrogen-bond donors (Lipinski definition) is 1. The zero-order valence-electron chi connectivity index (χ0n) is 11.1. The lowest BCUT2D eigenvalue weighted by Crippen LogP contribution is -2.56. The van der Waals surface area contributed by atoms with Crippen molar-refractivity contribution >= 4 is 11.3 Å². The lowest BCUT2D eigenvalue weighted by molar-refractivity contribution is 0.0845. The maximum atomic E-state index is 3.52. The lowest BCUT2D eigenvalue weighted by Gasteiger charge is -2.42. The molecule has 1 saturated heterocycles. The minimum Gasteiger partial charge on any atom is -0.314 e. The minimum atomic E-state index is 0.652. The summed E-state index contributed by atoms with van der Waals surface area (Å²) in [4.78, 5) is 2.69. The molecule has 0 aliphatic carbocycles. The third kappa shape index (κ3) is 3.30. The summed E-state index contributed by atoms with van der Waals surface area (Å²) in [6, 6.07) is 3.60. The summed E-state index contributed by atoms with van der Waals surface area (Å²) in [7, 11) is 0. The Balaban J connectivity index is 1.98. The van der Waals surface area contributed by atoms with Crippen molar-refractivity contribution in [1.29, 1.82) is 0 Å². The van der Waals surface area contributed by atoms with Gasteiger partial charge in [0.2, 0.25) is 0 Å². The summed E-state index contributed by atoms with van der Waals surface area (Å²) < 4.78 is 0. The molecule has 2 heterocycles. The first-order valence-corrected chi connectivity index (χ1v) is 7.60. The Morgan fingerprint density at radius 2 is 2.29 bits per heavy atom. The van der Waals surface area contributed by atoms with Crippen LogP contribution in [-0.4, -0.2) is 36.6 Å². The van der Waals surface area contributed by atoms with Crippen LogP contribution in [0.15, 0.2) is 16.8 Å². The molecule has 1 fully saturated rings. The fourth-order valence-corrected chi connectivity index (χ4v) is 3.46. The molecule has 2 rings (SSSR count). The van der Waals surface area contributed by atoms with Gasteiger partial charge in [-0.3, -0.25) is 4.90 Å². The van der Waals surface area contributed by atoms with E-state index in [1.807, 2.05) is 0 Å². The van der Waals surface area contributed by atoms with Crippen LogP contribution in [0.2, 0.25) is 0 Å². The molecular formula is C14H24N2S. The molecule has 0 bridgehead atoms. The van der Waals surface area contributed by atoms with E-state index >= 15 is 0 Å². The number of thiophene rings is 1. The Bertz CT molecular complexity index is 321. The maximum absolute atomic E-state index is 3.52. The van der Waals surface area contributed by atoms with Crippen molar-refractivity contribution in [2.24, 2.45) is 5.92 Å². The van der Waals surface area contributed by atoms with E-state index in [1.165, 1.54) is 18.5 Å². The molecule has 0 spiro atoms. The van der Waals surface area contributed by atoms with Gasteiger partial charge < -0.3 is 5.32 Å². The van der Waals surface area contributed by atoms with E-state index in [1.54, 1.807) is 11.3 Å². The van der Waals surface area contributed by atoms with E-state index in [4.69, 9.17) is 0 Å². The van der Waals surface area contributed by atoms with Gasteiger partial charge in [0.1, 0.15) is 0 Å². The molecule has 3 heteroatoms. The van der Waals surface area contributed by atoms with Crippen molar-refractivity contribution in [1.82, 2.24) is 10.2 Å². The molecule has 0 saturated carbocycles. The Hall–Kier alpha value is -0.380. The summed E-state index contributed by atoms with van der Waals surface area (Å²) in [6.45, 7) is 10.5. The Morgan fingerprint density at radius 3 is 2.94 bits per heavy atom. The van der Waals surface area contributed by atoms with Crippen LogP contribution in [0.3, 0.4) is 0 Å². The van der Waals surface area contributed by atoms with Crippen molar-refractivity contribution in [3.8, 4) is 0 Å². The Kier molecular flexibility index (Phi) is 4.60. The van der Waals surface area contributed by atoms with E-state index < -0.39 is 0 Å². The number of hydrogen-bond acceptors (Lipinski definition) is 3. The Labute approximate surface area is 109 Å². The van der Waals surface area contributed by atoms with Gasteiger partial charge >= 0.3 is 0 Å². The highest BCUT2D eigenvalue weighted by Crippen LogP contribution is 2.19. The predicted molar refractivity (Wildman–Crippen MR) is 75.7 cm³/mol. The van der Waals surface area contributed by atoms with Crippen molar-refractivity contribution < 1.29 is 0 Å². The van der Waals surface area contributed by atoms with E-state index in [0.717, 1.165) is 19.0 Å². The van der Waals surface area contributed by atoms with Crippen molar-refractivity contribution in [3.63, 3.8) is 0 Å². The average Bonchev–Trinajstić information content (AvgIpc) is 2.81. The Morgan fingerprint density at radius 1 is 1.47 bits per heavy atom. The van der Waals surface area contributed by atoms with Gasteiger partial charge in [-0.1, -0.05) is 13.8 Å². The van der Waals surface area contributed by atoms with Gasteiger partial charge in [-0.05, 0) is 41.7 Å². The standard InChI is InChI=1S/C14H24N2S/c1-11(2)14-9-15-5-6-16(14)12(3)8-13-4-7-17-10-13/h4,7,10-12,14-15H,5-6,8-9H2,1-3H3. The predicted octanol–water partition coefficient (Wildman–Crippen LogP) is 2.61. The summed E-state index contributed by atoms with van der Waals surface area (Å²) >= 11 is 1.80. The van der Waals surface area contributed by atoms with Gasteiger partial charge in [-0.2, -0.15) is 11.3 Å². The van der Waals surface area contributed by atoms with Crippen LogP contribution >= 0.6 is 11.3 Å². The minimum absolute atomic E-state index is 0.652. The normalized spacial score (nSPS) is 24.1. The summed E-state index contributed by atoms with van der Waals surface area (Å²) in [5.74, 6) is 0.729. The molecule has 0 amide bonds. The molecular weight excluding hydrogens is 228 g/mol. The SMILES string of the molecule is CC(C)C1CNCCN1C(C)Cc1ccsc1. The molecule has 1 N–H and O–H groups in total. The molecule has 1 aliphatic rings. The highest BCUT2D eigenvalue weighted by atomic mass is 32.1. The van der Waals surface area contributed by atoms with Gasteiger partial charge in [0.15, 0.2) is 0 Å². The zero-order chi connectivity index (χ0) is 12.3. The summed E-state index contributed by atoms with van der Waals surface area (Å²) in [5.41, 5.74) is 1.49. The third-order valence-corrected chi connectivity index (χ3v) is 4.51. The van der Waals surface area contributed by atoms with E-state index in [-0.39, 0.29) is 0 Å². The molecule has 1 aliphatic heterocycles. The zero-order valence-corrected chi connectivity index (χ0v) is 12.0. The topological polar surface area (TPSA) is 15.3 Å². The fraction of sp³-hybridized carbons (Fsp3) is 0.714. The summed E-state index contributed by atoms with van der Waals surface area (Å²) in [6.07, 6.45) is 1.19. The number of piperazine rings is 1. The van der Waals surface area contributed by atoms with Crippen LogP contribution in [0.25, 0.3) is 0 Å². The van der Waals surface area contributed by atoms with Gasteiger partial charge in [-0.25, -0.2) is 0 Å². The largest absolute Gasteiger partial charge is 0.314 e. The quantitative estimate of drug-likeness (QED) is 0.886. The van der Waals surface area contributed by atoms with Gasteiger partial charge in [0.05, 0.1) is 0 Å². The molecule has 2 unspecified atom stereocenters. The second kappa shape index (κ2) is 5.98. The van der Waals surface area contributed by atoms with Crippen LogP contribution in [0, 0.1) is 5.92 Å². The summed E-state index contributed by atoms with van der Waals surface area (Å²) in [5, 5.41) is 7.98. The van der Waals surface area contributed by atoms with E-state index in [0.29, 0.717) is 12.1 Å². The van der Waals surface area contributed by atoms with Crippen LogP contribution in [0.5, 0.6) is 0 Å². The smallest absolute Gasteiger partial charge is 0.0247 e. The van der Waals surface area contributed by atoms with Crippen molar-refractivity contribution in [2.75, 3.05) is 19.6 Å². The van der Waals surface area contributed by atoms with Gasteiger partial charge in [0.25, 0.3) is 0 Å². The molecule has 2 nitrogen and oxygen atoms in total. The van der Waals surface area contributed by atoms with E-state index in [9.17, 15) is 0 Å². The second-order valence-corrected chi connectivity index (χ2v) is 6.22. The van der Waals surface area contributed by atoms with Crippen molar-refractivity contribution in [3.05, 3.63) is 22.4 Å². The lowest BCUT2D eigenvalue weighted by atomic mass is 9.97. The number of nitrogens with one attached hydrogen (secondary N) is 1.